The zero-order chi connectivity index (χ0) is 13.5. The number of para-hydroxylation sites is 2. The first-order valence-electron chi connectivity index (χ1n) is 5.87. The Kier molecular flexibility index (Phi) is 4.34. The molecule has 19 heavy (non-hydrogen) atoms. The van der Waals surface area contributed by atoms with Gasteiger partial charge >= 0.3 is 5.97 Å². The van der Waals surface area contributed by atoms with Gasteiger partial charge in [-0.15, -0.1) is 0 Å². The van der Waals surface area contributed by atoms with E-state index in [0.29, 0.717) is 5.75 Å². The van der Waals surface area contributed by atoms with Crippen molar-refractivity contribution in [2.24, 2.45) is 0 Å². The molecule has 0 aromatic heterocycles. The molecule has 0 aliphatic heterocycles. The van der Waals surface area contributed by atoms with Crippen LogP contribution in [0.25, 0.3) is 6.08 Å². The molecule has 2 aromatic rings. The van der Waals surface area contributed by atoms with Gasteiger partial charge in [0.25, 0.3) is 0 Å². The predicted molar refractivity (Wildman–Crippen MR) is 74.0 cm³/mol. The third kappa shape index (κ3) is 3.71. The third-order valence-electron chi connectivity index (χ3n) is 2.49. The van der Waals surface area contributed by atoms with E-state index in [-0.39, 0.29) is 0 Å². The van der Waals surface area contributed by atoms with Crippen molar-refractivity contribution in [3.05, 3.63) is 66.2 Å². The molecule has 0 N–H and O–H groups in total. The van der Waals surface area contributed by atoms with Gasteiger partial charge in [-0.25, -0.2) is 4.79 Å². The Morgan fingerprint density at radius 3 is 2.42 bits per heavy atom. The fourth-order valence-electron chi connectivity index (χ4n) is 1.55. The molecule has 0 saturated carbocycles. The monoisotopic (exact) mass is 254 g/mol. The first-order valence-corrected chi connectivity index (χ1v) is 5.87. The molecule has 0 radical (unpaired) electrons. The summed E-state index contributed by atoms with van der Waals surface area (Å²) in [6.45, 7) is 0. The van der Waals surface area contributed by atoms with Crippen molar-refractivity contribution in [2.45, 2.75) is 0 Å². The van der Waals surface area contributed by atoms with Gasteiger partial charge in [0.1, 0.15) is 11.5 Å². The highest BCUT2D eigenvalue weighted by atomic mass is 16.5. The van der Waals surface area contributed by atoms with Crippen LogP contribution in [-0.2, 0) is 9.53 Å². The molecule has 0 atom stereocenters. The smallest absolute Gasteiger partial charge is 0.330 e. The van der Waals surface area contributed by atoms with E-state index in [2.05, 4.69) is 4.74 Å². The number of esters is 1. The maximum absolute atomic E-state index is 11.1. The normalized spacial score (nSPS) is 10.4. The zero-order valence-corrected chi connectivity index (χ0v) is 10.6. The van der Waals surface area contributed by atoms with Crippen LogP contribution >= 0.6 is 0 Å². The molecule has 3 nitrogen and oxygen atoms in total. The van der Waals surface area contributed by atoms with Crippen molar-refractivity contribution in [3.8, 4) is 11.5 Å². The van der Waals surface area contributed by atoms with Crippen molar-refractivity contribution < 1.29 is 14.3 Å². The third-order valence-corrected chi connectivity index (χ3v) is 2.49. The van der Waals surface area contributed by atoms with E-state index >= 15 is 0 Å². The van der Waals surface area contributed by atoms with E-state index in [9.17, 15) is 4.79 Å². The van der Waals surface area contributed by atoms with Crippen LogP contribution in [0.15, 0.2) is 60.7 Å². The molecule has 3 heteroatoms. The van der Waals surface area contributed by atoms with E-state index in [0.717, 1.165) is 11.3 Å². The molecule has 0 aliphatic rings. The van der Waals surface area contributed by atoms with Crippen LogP contribution < -0.4 is 4.74 Å². The summed E-state index contributed by atoms with van der Waals surface area (Å²) in [4.78, 5) is 11.1. The minimum Gasteiger partial charge on any atom is -0.466 e. The highest BCUT2D eigenvalue weighted by Gasteiger charge is 2.02. The molecule has 96 valence electrons. The molecule has 0 fully saturated rings. The van der Waals surface area contributed by atoms with Crippen molar-refractivity contribution in [1.82, 2.24) is 0 Å². The number of hydrogen-bond donors (Lipinski definition) is 0. The lowest BCUT2D eigenvalue weighted by molar-refractivity contribution is -0.134. The summed E-state index contributed by atoms with van der Waals surface area (Å²) in [5.41, 5.74) is 0.816. The first-order chi connectivity index (χ1) is 9.29. The van der Waals surface area contributed by atoms with Gasteiger partial charge in [-0.05, 0) is 24.3 Å². The van der Waals surface area contributed by atoms with E-state index in [1.165, 1.54) is 13.2 Å². The van der Waals surface area contributed by atoms with Crippen LogP contribution in [0.3, 0.4) is 0 Å². The van der Waals surface area contributed by atoms with E-state index in [1.807, 2.05) is 54.6 Å². The number of carbonyl (C=O) groups excluding carboxylic acids is 1. The largest absolute Gasteiger partial charge is 0.466 e. The number of methoxy groups -OCH3 is 1. The van der Waals surface area contributed by atoms with Crippen LogP contribution in [0.1, 0.15) is 5.56 Å². The Hall–Kier alpha value is -2.55. The summed E-state index contributed by atoms with van der Waals surface area (Å²) in [6.07, 6.45) is 3.04. The van der Waals surface area contributed by atoms with Crippen LogP contribution in [0.2, 0.25) is 0 Å². The lowest BCUT2D eigenvalue weighted by Gasteiger charge is -2.08. The quantitative estimate of drug-likeness (QED) is 0.617. The number of benzene rings is 2. The minimum atomic E-state index is -0.394. The summed E-state index contributed by atoms with van der Waals surface area (Å²) < 4.78 is 10.3. The van der Waals surface area contributed by atoms with Gasteiger partial charge in [-0.3, -0.25) is 0 Å². The Bertz CT molecular complexity index is 574. The number of ether oxygens (including phenoxy) is 2. The number of rotatable bonds is 4. The SMILES string of the molecule is COC(=O)C=Cc1ccccc1Oc1ccccc1. The zero-order valence-electron chi connectivity index (χ0n) is 10.6. The van der Waals surface area contributed by atoms with Crippen LogP contribution in [0.4, 0.5) is 0 Å². The fraction of sp³-hybridized carbons (Fsp3) is 0.0625. The summed E-state index contributed by atoms with van der Waals surface area (Å²) >= 11 is 0. The molecule has 0 bridgehead atoms. The predicted octanol–water partition coefficient (Wildman–Crippen LogP) is 3.67. The Balaban J connectivity index is 2.21. The van der Waals surface area contributed by atoms with E-state index in [1.54, 1.807) is 6.08 Å². The first kappa shape index (κ1) is 12.9. The van der Waals surface area contributed by atoms with Crippen LogP contribution in [0.5, 0.6) is 11.5 Å². The Morgan fingerprint density at radius 1 is 1.00 bits per heavy atom. The molecule has 2 rings (SSSR count). The van der Waals surface area contributed by atoms with Crippen molar-refractivity contribution in [1.29, 1.82) is 0 Å². The van der Waals surface area contributed by atoms with Gasteiger partial charge in [0.15, 0.2) is 0 Å². The molecule has 0 heterocycles. The average Bonchev–Trinajstić information content (AvgIpc) is 2.47. The van der Waals surface area contributed by atoms with Crippen LogP contribution in [0, 0.1) is 0 Å². The van der Waals surface area contributed by atoms with Gasteiger partial charge < -0.3 is 9.47 Å². The van der Waals surface area contributed by atoms with Gasteiger partial charge in [0.05, 0.1) is 7.11 Å². The second-order valence-electron chi connectivity index (χ2n) is 3.81. The van der Waals surface area contributed by atoms with Crippen molar-refractivity contribution in [2.75, 3.05) is 7.11 Å². The maximum Gasteiger partial charge on any atom is 0.330 e. The van der Waals surface area contributed by atoms with Gasteiger partial charge in [0, 0.05) is 11.6 Å². The van der Waals surface area contributed by atoms with Crippen LogP contribution in [-0.4, -0.2) is 13.1 Å². The lowest BCUT2D eigenvalue weighted by Crippen LogP contribution is -1.94. The van der Waals surface area contributed by atoms with Crippen molar-refractivity contribution >= 4 is 12.0 Å². The van der Waals surface area contributed by atoms with Gasteiger partial charge in [0.2, 0.25) is 0 Å². The van der Waals surface area contributed by atoms with Crippen molar-refractivity contribution in [3.63, 3.8) is 0 Å². The topological polar surface area (TPSA) is 35.5 Å². The van der Waals surface area contributed by atoms with Gasteiger partial charge in [-0.2, -0.15) is 0 Å². The lowest BCUT2D eigenvalue weighted by atomic mass is 10.2. The molecule has 0 unspecified atom stereocenters. The highest BCUT2D eigenvalue weighted by Crippen LogP contribution is 2.25. The molecule has 2 aromatic carbocycles. The summed E-state index contributed by atoms with van der Waals surface area (Å²) in [5.74, 6) is 1.05. The van der Waals surface area contributed by atoms with E-state index < -0.39 is 5.97 Å². The Morgan fingerprint density at radius 2 is 1.68 bits per heavy atom. The second-order valence-corrected chi connectivity index (χ2v) is 3.81. The summed E-state index contributed by atoms with van der Waals surface area (Å²) in [6, 6.07) is 17.0. The molecule has 0 amide bonds. The molecular weight excluding hydrogens is 240 g/mol. The number of carbonyl (C=O) groups is 1. The van der Waals surface area contributed by atoms with Gasteiger partial charge in [-0.1, -0.05) is 36.4 Å². The second kappa shape index (κ2) is 6.40. The summed E-state index contributed by atoms with van der Waals surface area (Å²) in [5, 5.41) is 0. The Labute approximate surface area is 112 Å². The molecule has 0 spiro atoms. The summed E-state index contributed by atoms with van der Waals surface area (Å²) in [7, 11) is 1.35. The molecule has 0 aliphatic carbocycles. The number of hydrogen-bond acceptors (Lipinski definition) is 3. The molecular formula is C16H14O3. The minimum absolute atomic E-state index is 0.394. The standard InChI is InChI=1S/C16H14O3/c1-18-16(17)12-11-13-7-5-6-10-15(13)19-14-8-3-2-4-9-14/h2-12H,1H3. The molecule has 0 saturated heterocycles. The average molecular weight is 254 g/mol. The maximum atomic E-state index is 11.1. The highest BCUT2D eigenvalue weighted by molar-refractivity contribution is 5.87. The fourth-order valence-corrected chi connectivity index (χ4v) is 1.55. The van der Waals surface area contributed by atoms with E-state index in [4.69, 9.17) is 4.74 Å².